The predicted molar refractivity (Wildman–Crippen MR) is 189 cm³/mol. The van der Waals surface area contributed by atoms with E-state index < -0.39 is 40.7 Å². The van der Waals surface area contributed by atoms with Crippen molar-refractivity contribution in [3.63, 3.8) is 0 Å². The molecule has 1 amide bonds. The Morgan fingerprint density at radius 1 is 1.00 bits per heavy atom. The lowest BCUT2D eigenvalue weighted by Crippen LogP contribution is -2.60. The van der Waals surface area contributed by atoms with Gasteiger partial charge in [0.15, 0.2) is 5.78 Å². The van der Waals surface area contributed by atoms with Crippen LogP contribution < -0.4 is 10.5 Å². The third kappa shape index (κ3) is 6.56. The lowest BCUT2D eigenvalue weighted by Gasteiger charge is -2.50. The Hall–Kier alpha value is -4.64. The molecule has 10 nitrogen and oxygen atoms in total. The van der Waals surface area contributed by atoms with Gasteiger partial charge in [0.1, 0.15) is 28.6 Å². The molecule has 10 heteroatoms. The molecular weight excluding hydrogens is 622 g/mol. The molecule has 0 spiro atoms. The zero-order valence-electron chi connectivity index (χ0n) is 29.0. The summed E-state index contributed by atoms with van der Waals surface area (Å²) in [6, 6.07) is 18.7. The van der Waals surface area contributed by atoms with Gasteiger partial charge in [0.2, 0.25) is 0 Å². The minimum atomic E-state index is -2.09. The number of phenolic OH excluding ortho intramolecular Hbond substituents is 1. The fourth-order valence-corrected chi connectivity index (χ4v) is 8.00. The average molecular weight is 670 g/mol. The highest BCUT2D eigenvalue weighted by atomic mass is 16.5. The van der Waals surface area contributed by atoms with E-state index in [-0.39, 0.29) is 34.8 Å². The van der Waals surface area contributed by atoms with Crippen LogP contribution in [0.3, 0.4) is 0 Å². The molecule has 1 fully saturated rings. The van der Waals surface area contributed by atoms with Gasteiger partial charge in [-0.15, -0.1) is 0 Å². The van der Waals surface area contributed by atoms with Gasteiger partial charge in [-0.2, -0.15) is 0 Å². The predicted octanol–water partition coefficient (Wildman–Crippen LogP) is 5.12. The van der Waals surface area contributed by atoms with Crippen molar-refractivity contribution in [1.29, 1.82) is 0 Å². The Morgan fingerprint density at radius 2 is 1.67 bits per heavy atom. The summed E-state index contributed by atoms with van der Waals surface area (Å²) >= 11 is 0. The maximum atomic E-state index is 14.3. The molecule has 2 aliphatic rings. The molecule has 3 aromatic carbocycles. The zero-order valence-corrected chi connectivity index (χ0v) is 29.0. The fraction of sp³-hybridized carbons (Fsp3) is 0.385. The van der Waals surface area contributed by atoms with E-state index in [0.717, 1.165) is 23.2 Å². The quantitative estimate of drug-likeness (QED) is 0.146. The molecule has 1 saturated carbocycles. The van der Waals surface area contributed by atoms with Gasteiger partial charge in [-0.1, -0.05) is 49.4 Å². The summed E-state index contributed by atoms with van der Waals surface area (Å²) < 4.78 is 5.77. The van der Waals surface area contributed by atoms with Crippen LogP contribution in [0.4, 0.5) is 0 Å². The number of rotatable bonds is 10. The number of ketones is 1. The maximum Gasteiger partial charge on any atom is 0.251 e. The smallest absolute Gasteiger partial charge is 0.251 e. The molecule has 3 aromatic rings. The Bertz CT molecular complexity index is 1810. The summed E-state index contributed by atoms with van der Waals surface area (Å²) in [7, 11) is 7.07. The molecule has 0 aromatic heterocycles. The van der Waals surface area contributed by atoms with Crippen LogP contribution in [0.1, 0.15) is 48.9 Å². The number of phenols is 1. The summed E-state index contributed by atoms with van der Waals surface area (Å²) in [5.41, 5.74) is 7.64. The highest BCUT2D eigenvalue weighted by Crippen LogP contribution is 2.50. The van der Waals surface area contributed by atoms with E-state index in [0.29, 0.717) is 30.7 Å². The SMILES string of the molecule is CCc1c(-c2cc(CN(C)Cc3ccccc3)ccc2OC)ccc(O)c1C(O)=C1CCC2C(C1=O)[C@](C)(O)C(C(N)=O)=C(O)[C@H]2N(C)C. The van der Waals surface area contributed by atoms with Gasteiger partial charge >= 0.3 is 0 Å². The summed E-state index contributed by atoms with van der Waals surface area (Å²) in [6.07, 6.45) is 0.852. The van der Waals surface area contributed by atoms with Gasteiger partial charge in [-0.25, -0.2) is 0 Å². The average Bonchev–Trinajstić information content (AvgIpc) is 3.03. The first kappa shape index (κ1) is 35.7. The number of aliphatic hydroxyl groups is 3. The molecule has 5 rings (SSSR count). The number of benzene rings is 3. The summed E-state index contributed by atoms with van der Waals surface area (Å²) in [6.45, 7) is 4.64. The Morgan fingerprint density at radius 3 is 2.29 bits per heavy atom. The Balaban J connectivity index is 1.58. The number of likely N-dealkylation sites (N-methyl/N-ethyl adjacent to an activating group) is 1. The molecule has 260 valence electrons. The number of Topliss-reactive ketones (excluding diaryl/α,β-unsaturated/α-hetero) is 1. The van der Waals surface area contributed by atoms with E-state index in [2.05, 4.69) is 24.1 Å². The van der Waals surface area contributed by atoms with Crippen LogP contribution >= 0.6 is 0 Å². The largest absolute Gasteiger partial charge is 0.510 e. The monoisotopic (exact) mass is 669 g/mol. The highest BCUT2D eigenvalue weighted by molar-refractivity contribution is 6.07. The minimum Gasteiger partial charge on any atom is -0.510 e. The number of amides is 1. The van der Waals surface area contributed by atoms with Crippen LogP contribution in [0.25, 0.3) is 16.9 Å². The number of carbonyl (C=O) groups excluding carboxylic acids is 2. The number of hydrogen-bond acceptors (Lipinski definition) is 9. The molecule has 0 saturated heterocycles. The van der Waals surface area contributed by atoms with E-state index in [9.17, 15) is 30.0 Å². The number of fused-ring (bicyclic) bond motifs is 1. The van der Waals surface area contributed by atoms with E-state index >= 15 is 0 Å². The van der Waals surface area contributed by atoms with Gasteiger partial charge in [0, 0.05) is 24.2 Å². The molecule has 0 bridgehead atoms. The maximum absolute atomic E-state index is 14.3. The second kappa shape index (κ2) is 14.1. The topological polar surface area (TPSA) is 157 Å². The number of nitrogens with zero attached hydrogens (tertiary/aromatic N) is 2. The van der Waals surface area contributed by atoms with E-state index in [1.54, 1.807) is 32.2 Å². The van der Waals surface area contributed by atoms with Crippen LogP contribution in [-0.2, 0) is 29.1 Å². The van der Waals surface area contributed by atoms with Crippen molar-refractivity contribution in [2.75, 3.05) is 28.3 Å². The first-order valence-electron chi connectivity index (χ1n) is 16.6. The lowest BCUT2D eigenvalue weighted by atomic mass is 9.59. The lowest BCUT2D eigenvalue weighted by molar-refractivity contribution is -0.137. The van der Waals surface area contributed by atoms with Crippen molar-refractivity contribution in [1.82, 2.24) is 9.80 Å². The summed E-state index contributed by atoms with van der Waals surface area (Å²) in [4.78, 5) is 30.7. The summed E-state index contributed by atoms with van der Waals surface area (Å²) in [5.74, 6) is -3.65. The second-order valence-electron chi connectivity index (χ2n) is 13.6. The van der Waals surface area contributed by atoms with Crippen molar-refractivity contribution in [3.8, 4) is 22.6 Å². The number of ether oxygens (including phenoxy) is 1. The Kier molecular flexibility index (Phi) is 10.2. The molecule has 2 aliphatic carbocycles. The number of hydrogen-bond donors (Lipinski definition) is 5. The molecular formula is C39H47N3O7. The normalized spacial score (nSPS) is 23.5. The van der Waals surface area contributed by atoms with Crippen molar-refractivity contribution in [3.05, 3.63) is 99.8 Å². The molecule has 0 radical (unpaired) electrons. The van der Waals surface area contributed by atoms with Crippen LogP contribution in [-0.4, -0.2) is 81.8 Å². The van der Waals surface area contributed by atoms with Gasteiger partial charge < -0.3 is 30.9 Å². The molecule has 6 N–H and O–H groups in total. The number of primary amides is 1. The fourth-order valence-electron chi connectivity index (χ4n) is 8.00. The number of methoxy groups -OCH3 is 1. The van der Waals surface area contributed by atoms with Crippen molar-refractivity contribution >= 4 is 17.4 Å². The van der Waals surface area contributed by atoms with Crippen LogP contribution in [0, 0.1) is 11.8 Å². The summed E-state index contributed by atoms with van der Waals surface area (Å²) in [5, 5.41) is 45.8. The molecule has 4 atom stereocenters. The van der Waals surface area contributed by atoms with Gasteiger partial charge in [-0.05, 0) is 93.7 Å². The highest BCUT2D eigenvalue weighted by Gasteiger charge is 2.58. The third-order valence-electron chi connectivity index (χ3n) is 10.1. The molecule has 0 heterocycles. The molecule has 49 heavy (non-hydrogen) atoms. The number of nitrogens with two attached hydrogens (primary N) is 1. The van der Waals surface area contributed by atoms with Crippen molar-refractivity contribution in [2.45, 2.75) is 57.8 Å². The van der Waals surface area contributed by atoms with Crippen LogP contribution in [0.2, 0.25) is 0 Å². The first-order chi connectivity index (χ1) is 23.2. The second-order valence-corrected chi connectivity index (χ2v) is 13.6. The standard InChI is InChI=1S/C39H47N3O7/c1-7-24-25(28-19-23(13-18-30(28)49-6)21-42(5)20-22-11-9-8-10-12-22)16-17-29(43)31(24)35(44)27-15-14-26-32(36(27)45)39(2,48)33(38(40)47)37(46)34(26)41(3)4/h8-13,16-19,26,32,34,43-44,46,48H,7,14-15,20-21H2,1-6H3,(H2,40,47)/t26?,32?,34-,39-/m0/s1. The van der Waals surface area contributed by atoms with Gasteiger partial charge in [0.25, 0.3) is 5.91 Å². The number of aliphatic hydroxyl groups excluding tert-OH is 2. The van der Waals surface area contributed by atoms with Crippen molar-refractivity contribution in [2.24, 2.45) is 17.6 Å². The van der Waals surface area contributed by atoms with Crippen LogP contribution in [0.5, 0.6) is 11.5 Å². The van der Waals surface area contributed by atoms with Gasteiger partial charge in [0.05, 0.1) is 30.2 Å². The minimum absolute atomic E-state index is 0.0367. The van der Waals surface area contributed by atoms with Gasteiger partial charge in [-0.3, -0.25) is 19.4 Å². The van der Waals surface area contributed by atoms with Crippen LogP contribution in [0.15, 0.2) is 77.6 Å². The number of aromatic hydroxyl groups is 1. The third-order valence-corrected chi connectivity index (χ3v) is 10.1. The molecule has 2 unspecified atom stereocenters. The van der Waals surface area contributed by atoms with E-state index in [1.165, 1.54) is 18.6 Å². The number of carbonyl (C=O) groups is 2. The molecule has 0 aliphatic heterocycles. The Labute approximate surface area is 287 Å². The van der Waals surface area contributed by atoms with E-state index in [1.807, 2.05) is 43.3 Å². The van der Waals surface area contributed by atoms with E-state index in [4.69, 9.17) is 10.5 Å². The first-order valence-corrected chi connectivity index (χ1v) is 16.6. The number of allylic oxidation sites excluding steroid dienone is 1. The van der Waals surface area contributed by atoms with Crippen molar-refractivity contribution < 1.29 is 34.8 Å². The zero-order chi connectivity index (χ0) is 35.8.